The molecule has 1 amide bonds. The molecule has 108 valence electrons. The summed E-state index contributed by atoms with van der Waals surface area (Å²) < 4.78 is 0. The molecule has 22 heavy (non-hydrogen) atoms. The Kier molecular flexibility index (Phi) is 3.78. The van der Waals surface area contributed by atoms with Crippen LogP contribution in [-0.4, -0.2) is 15.9 Å². The molecule has 2 N–H and O–H groups in total. The van der Waals surface area contributed by atoms with Crippen molar-refractivity contribution in [2.24, 2.45) is 5.73 Å². The molecule has 0 atom stereocenters. The van der Waals surface area contributed by atoms with Crippen LogP contribution in [0.5, 0.6) is 0 Å². The van der Waals surface area contributed by atoms with Crippen molar-refractivity contribution in [3.8, 4) is 0 Å². The number of hydrogen-bond acceptors (Lipinski definition) is 4. The van der Waals surface area contributed by atoms with E-state index in [1.54, 1.807) is 24.5 Å². The molecule has 5 heteroatoms. The molecule has 2 aromatic heterocycles. The van der Waals surface area contributed by atoms with Crippen LogP contribution in [0.25, 0.3) is 0 Å². The maximum absolute atomic E-state index is 11.2. The predicted octanol–water partition coefficient (Wildman–Crippen LogP) is 3.05. The third-order valence-electron chi connectivity index (χ3n) is 3.17. The molecule has 0 aliphatic rings. The molecule has 0 bridgehead atoms. The highest BCUT2D eigenvalue weighted by atomic mass is 16.1. The maximum atomic E-state index is 11.2. The number of carbonyl (C=O) groups excluding carboxylic acids is 1. The van der Waals surface area contributed by atoms with Crippen molar-refractivity contribution in [1.82, 2.24) is 9.97 Å². The minimum Gasteiger partial charge on any atom is -0.366 e. The van der Waals surface area contributed by atoms with Gasteiger partial charge in [0, 0.05) is 23.6 Å². The second-order valence-electron chi connectivity index (χ2n) is 4.62. The number of rotatable bonds is 4. The van der Waals surface area contributed by atoms with Crippen LogP contribution in [0.1, 0.15) is 10.4 Å². The van der Waals surface area contributed by atoms with E-state index in [-0.39, 0.29) is 0 Å². The fourth-order valence-electron chi connectivity index (χ4n) is 2.13. The van der Waals surface area contributed by atoms with Gasteiger partial charge in [0.15, 0.2) is 0 Å². The number of benzene rings is 1. The van der Waals surface area contributed by atoms with Crippen molar-refractivity contribution in [3.63, 3.8) is 0 Å². The van der Waals surface area contributed by atoms with Crippen molar-refractivity contribution in [1.29, 1.82) is 0 Å². The van der Waals surface area contributed by atoms with Gasteiger partial charge in [0.05, 0.1) is 0 Å². The molecular formula is C17H14N4O. The second-order valence-corrected chi connectivity index (χ2v) is 4.62. The Morgan fingerprint density at radius 3 is 1.77 bits per heavy atom. The zero-order valence-corrected chi connectivity index (χ0v) is 11.8. The molecular weight excluding hydrogens is 276 g/mol. The van der Waals surface area contributed by atoms with Gasteiger partial charge >= 0.3 is 0 Å². The molecule has 0 saturated heterocycles. The van der Waals surface area contributed by atoms with Crippen LogP contribution in [0.3, 0.4) is 0 Å². The number of amides is 1. The first kappa shape index (κ1) is 13.8. The number of carbonyl (C=O) groups is 1. The first-order valence-electron chi connectivity index (χ1n) is 6.78. The van der Waals surface area contributed by atoms with Gasteiger partial charge in [-0.05, 0) is 48.5 Å². The molecule has 0 unspecified atom stereocenters. The van der Waals surface area contributed by atoms with Crippen molar-refractivity contribution >= 4 is 23.2 Å². The largest absolute Gasteiger partial charge is 0.366 e. The van der Waals surface area contributed by atoms with Crippen LogP contribution in [0, 0.1) is 0 Å². The van der Waals surface area contributed by atoms with Gasteiger partial charge in [0.1, 0.15) is 11.6 Å². The van der Waals surface area contributed by atoms with E-state index >= 15 is 0 Å². The Balaban J connectivity index is 2.08. The molecule has 0 saturated carbocycles. The zero-order valence-electron chi connectivity index (χ0n) is 11.8. The van der Waals surface area contributed by atoms with E-state index in [0.29, 0.717) is 5.56 Å². The van der Waals surface area contributed by atoms with E-state index in [4.69, 9.17) is 5.73 Å². The Labute approximate surface area is 128 Å². The molecule has 2 heterocycles. The highest BCUT2D eigenvalue weighted by molar-refractivity contribution is 5.93. The molecule has 3 aromatic rings. The van der Waals surface area contributed by atoms with Crippen LogP contribution in [-0.2, 0) is 0 Å². The molecule has 1 aromatic carbocycles. The third kappa shape index (κ3) is 2.78. The van der Waals surface area contributed by atoms with Crippen LogP contribution in [0.4, 0.5) is 17.3 Å². The molecule has 0 aliphatic carbocycles. The van der Waals surface area contributed by atoms with Crippen LogP contribution < -0.4 is 10.6 Å². The lowest BCUT2D eigenvalue weighted by atomic mass is 10.2. The van der Waals surface area contributed by atoms with Crippen LogP contribution in [0.15, 0.2) is 73.1 Å². The average molecular weight is 290 g/mol. The summed E-state index contributed by atoms with van der Waals surface area (Å²) in [5, 5.41) is 0. The standard InChI is InChI=1S/C17H14N4O/c18-17(22)13-7-9-14(10-8-13)21(15-5-1-3-11-19-15)16-6-2-4-12-20-16/h1-12H,(H2,18,22). The van der Waals surface area contributed by atoms with Gasteiger partial charge in [-0.25, -0.2) is 9.97 Å². The molecule has 0 aliphatic heterocycles. The normalized spacial score (nSPS) is 10.2. The summed E-state index contributed by atoms with van der Waals surface area (Å²) in [5.41, 5.74) is 6.60. The van der Waals surface area contributed by atoms with E-state index in [1.165, 1.54) is 0 Å². The zero-order chi connectivity index (χ0) is 15.4. The second kappa shape index (κ2) is 6.05. The fraction of sp³-hybridized carbons (Fsp3) is 0. The van der Waals surface area contributed by atoms with Crippen LogP contribution >= 0.6 is 0 Å². The lowest BCUT2D eigenvalue weighted by Crippen LogP contribution is -2.14. The lowest BCUT2D eigenvalue weighted by Gasteiger charge is -2.22. The predicted molar refractivity (Wildman–Crippen MR) is 85.2 cm³/mol. The number of pyridine rings is 2. The average Bonchev–Trinajstić information content (AvgIpc) is 2.57. The summed E-state index contributed by atoms with van der Waals surface area (Å²) in [7, 11) is 0. The number of nitrogens with two attached hydrogens (primary N) is 1. The van der Waals surface area contributed by atoms with Gasteiger partial charge < -0.3 is 5.73 Å². The van der Waals surface area contributed by atoms with Gasteiger partial charge in [0.2, 0.25) is 5.91 Å². The molecule has 0 fully saturated rings. The van der Waals surface area contributed by atoms with Gasteiger partial charge in [-0.2, -0.15) is 0 Å². The Morgan fingerprint density at radius 1 is 0.818 bits per heavy atom. The summed E-state index contributed by atoms with van der Waals surface area (Å²) in [6.07, 6.45) is 3.45. The lowest BCUT2D eigenvalue weighted by molar-refractivity contribution is 0.100. The van der Waals surface area contributed by atoms with Crippen molar-refractivity contribution in [2.75, 3.05) is 4.90 Å². The van der Waals surface area contributed by atoms with E-state index in [2.05, 4.69) is 9.97 Å². The van der Waals surface area contributed by atoms with E-state index in [0.717, 1.165) is 17.3 Å². The number of aromatic nitrogens is 2. The van der Waals surface area contributed by atoms with E-state index < -0.39 is 5.91 Å². The molecule has 3 rings (SSSR count). The Bertz CT molecular complexity index is 718. The summed E-state index contributed by atoms with van der Waals surface area (Å²) in [6, 6.07) is 18.4. The monoisotopic (exact) mass is 290 g/mol. The summed E-state index contributed by atoms with van der Waals surface area (Å²) >= 11 is 0. The fourth-order valence-corrected chi connectivity index (χ4v) is 2.13. The van der Waals surface area contributed by atoms with Gasteiger partial charge in [-0.15, -0.1) is 0 Å². The van der Waals surface area contributed by atoms with Gasteiger partial charge in [-0.1, -0.05) is 12.1 Å². The Morgan fingerprint density at radius 2 is 1.36 bits per heavy atom. The molecule has 0 radical (unpaired) electrons. The number of primary amides is 1. The maximum Gasteiger partial charge on any atom is 0.248 e. The summed E-state index contributed by atoms with van der Waals surface area (Å²) in [4.78, 5) is 21.9. The van der Waals surface area contributed by atoms with Crippen molar-refractivity contribution in [2.45, 2.75) is 0 Å². The van der Waals surface area contributed by atoms with Crippen LogP contribution in [0.2, 0.25) is 0 Å². The van der Waals surface area contributed by atoms with Crippen molar-refractivity contribution < 1.29 is 4.79 Å². The first-order chi connectivity index (χ1) is 10.8. The highest BCUT2D eigenvalue weighted by Gasteiger charge is 2.14. The number of nitrogens with zero attached hydrogens (tertiary/aromatic N) is 3. The van der Waals surface area contributed by atoms with Crippen molar-refractivity contribution in [3.05, 3.63) is 78.6 Å². The van der Waals surface area contributed by atoms with Gasteiger partial charge in [0.25, 0.3) is 0 Å². The quantitative estimate of drug-likeness (QED) is 0.801. The smallest absolute Gasteiger partial charge is 0.248 e. The van der Waals surface area contributed by atoms with E-state index in [1.807, 2.05) is 53.4 Å². The minimum atomic E-state index is -0.450. The topological polar surface area (TPSA) is 72.1 Å². The SMILES string of the molecule is NC(=O)c1ccc(N(c2ccccn2)c2ccccn2)cc1. The Hall–Kier alpha value is -3.21. The number of anilines is 3. The first-order valence-corrected chi connectivity index (χ1v) is 6.78. The summed E-state index contributed by atoms with van der Waals surface area (Å²) in [5.74, 6) is 1.04. The summed E-state index contributed by atoms with van der Waals surface area (Å²) in [6.45, 7) is 0. The molecule has 5 nitrogen and oxygen atoms in total. The minimum absolute atomic E-state index is 0.450. The third-order valence-corrected chi connectivity index (χ3v) is 3.17. The van der Waals surface area contributed by atoms with E-state index in [9.17, 15) is 4.79 Å². The number of hydrogen-bond donors (Lipinski definition) is 1. The highest BCUT2D eigenvalue weighted by Crippen LogP contribution is 2.31. The van der Waals surface area contributed by atoms with Gasteiger partial charge in [-0.3, -0.25) is 9.69 Å². The molecule has 0 spiro atoms.